The van der Waals surface area contributed by atoms with Crippen molar-refractivity contribution >= 4 is 18.5 Å². The van der Waals surface area contributed by atoms with Gasteiger partial charge in [0, 0.05) is 11.8 Å². The molecule has 4 heteroatoms. The van der Waals surface area contributed by atoms with Gasteiger partial charge in [0.05, 0.1) is 5.69 Å². The Hall–Kier alpha value is -0.640. The largest absolute Gasteiger partial charge is 0.368 e. The highest BCUT2D eigenvalue weighted by atomic mass is 32.1. The summed E-state index contributed by atoms with van der Waals surface area (Å²) in [6.45, 7) is 0. The maximum absolute atomic E-state index is 5.19. The van der Waals surface area contributed by atoms with Gasteiger partial charge in [-0.1, -0.05) is 5.16 Å². The Morgan fingerprint density at radius 1 is 1.88 bits per heavy atom. The van der Waals surface area contributed by atoms with E-state index in [1.165, 1.54) is 0 Å². The van der Waals surface area contributed by atoms with Gasteiger partial charge in [-0.05, 0) is 0 Å². The lowest BCUT2D eigenvalue weighted by Crippen LogP contribution is -1.76. The van der Waals surface area contributed by atoms with Crippen LogP contribution in [0.4, 0.5) is 5.88 Å². The van der Waals surface area contributed by atoms with Crippen molar-refractivity contribution in [3.8, 4) is 0 Å². The molecule has 0 aliphatic rings. The van der Waals surface area contributed by atoms with Crippen molar-refractivity contribution in [1.82, 2.24) is 5.16 Å². The van der Waals surface area contributed by atoms with E-state index in [4.69, 9.17) is 5.73 Å². The van der Waals surface area contributed by atoms with Gasteiger partial charge in [0.25, 0.3) is 0 Å². The molecule has 0 saturated heterocycles. The van der Waals surface area contributed by atoms with Crippen LogP contribution in [0.25, 0.3) is 0 Å². The Morgan fingerprint density at radius 3 is 2.88 bits per heavy atom. The van der Waals surface area contributed by atoms with Crippen LogP contribution in [0.15, 0.2) is 10.6 Å². The van der Waals surface area contributed by atoms with Gasteiger partial charge in [-0.2, -0.15) is 12.6 Å². The molecule has 1 aromatic heterocycles. The summed E-state index contributed by atoms with van der Waals surface area (Å²) >= 11 is 3.95. The van der Waals surface area contributed by atoms with Gasteiger partial charge in [-0.25, -0.2) is 0 Å². The fraction of sp³-hybridized carbons (Fsp3) is 0.250. The molecule has 8 heavy (non-hydrogen) atoms. The number of hydrogen-bond donors (Lipinski definition) is 2. The fourth-order valence-electron chi connectivity index (χ4n) is 0.403. The number of anilines is 1. The molecule has 0 aliphatic heterocycles. The first-order chi connectivity index (χ1) is 3.83. The SMILES string of the molecule is Nc1cc(CS)no1. The Bertz CT molecular complexity index is 174. The maximum Gasteiger partial charge on any atom is 0.222 e. The summed E-state index contributed by atoms with van der Waals surface area (Å²) in [5, 5.41) is 3.56. The number of rotatable bonds is 1. The number of hydrogen-bond acceptors (Lipinski definition) is 4. The van der Waals surface area contributed by atoms with E-state index in [-0.39, 0.29) is 0 Å². The zero-order valence-electron chi connectivity index (χ0n) is 4.16. The third-order valence-corrected chi connectivity index (χ3v) is 1.06. The predicted molar refractivity (Wildman–Crippen MR) is 33.6 cm³/mol. The summed E-state index contributed by atoms with van der Waals surface area (Å²) in [5.41, 5.74) is 5.96. The molecule has 0 aliphatic carbocycles. The molecule has 0 fully saturated rings. The van der Waals surface area contributed by atoms with E-state index in [1.807, 2.05) is 0 Å². The Balaban J connectivity index is 2.84. The molecule has 0 spiro atoms. The molecule has 0 bridgehead atoms. The second-order valence-electron chi connectivity index (χ2n) is 1.38. The van der Waals surface area contributed by atoms with Gasteiger partial charge < -0.3 is 10.3 Å². The highest BCUT2D eigenvalue weighted by Gasteiger charge is 1.94. The van der Waals surface area contributed by atoms with Crippen molar-refractivity contribution < 1.29 is 4.52 Å². The Kier molecular flexibility index (Phi) is 1.43. The summed E-state index contributed by atoms with van der Waals surface area (Å²) < 4.78 is 4.53. The van der Waals surface area contributed by atoms with Gasteiger partial charge in [-0.15, -0.1) is 0 Å². The van der Waals surface area contributed by atoms with Crippen molar-refractivity contribution in [2.75, 3.05) is 5.73 Å². The van der Waals surface area contributed by atoms with E-state index in [9.17, 15) is 0 Å². The van der Waals surface area contributed by atoms with E-state index < -0.39 is 0 Å². The van der Waals surface area contributed by atoms with Crippen molar-refractivity contribution in [3.63, 3.8) is 0 Å². The van der Waals surface area contributed by atoms with E-state index in [0.717, 1.165) is 5.69 Å². The second kappa shape index (κ2) is 2.09. The van der Waals surface area contributed by atoms with Crippen LogP contribution in [0, 0.1) is 0 Å². The average Bonchev–Trinajstić information content (AvgIpc) is 2.14. The molecule has 1 rings (SSSR count). The minimum absolute atomic E-state index is 0.342. The van der Waals surface area contributed by atoms with Gasteiger partial charge >= 0.3 is 0 Å². The normalized spacial score (nSPS) is 9.62. The number of thiol groups is 1. The molecule has 1 aromatic rings. The number of aromatic nitrogens is 1. The maximum atomic E-state index is 5.19. The Morgan fingerprint density at radius 2 is 2.62 bits per heavy atom. The smallest absolute Gasteiger partial charge is 0.222 e. The second-order valence-corrected chi connectivity index (χ2v) is 1.69. The van der Waals surface area contributed by atoms with Crippen LogP contribution in [-0.2, 0) is 5.75 Å². The standard InChI is InChI=1S/C4H6N2OS/c5-4-1-3(2-8)6-7-4/h1,8H,2,5H2. The number of nitrogens with zero attached hydrogens (tertiary/aromatic N) is 1. The van der Waals surface area contributed by atoms with Gasteiger partial charge in [0.1, 0.15) is 0 Å². The summed E-state index contributed by atoms with van der Waals surface area (Å²) in [7, 11) is 0. The molecule has 1 heterocycles. The molecule has 2 N–H and O–H groups in total. The van der Waals surface area contributed by atoms with Crippen LogP contribution in [-0.4, -0.2) is 5.16 Å². The topological polar surface area (TPSA) is 52.0 Å². The molecule has 3 nitrogen and oxygen atoms in total. The number of nitrogens with two attached hydrogens (primary N) is 1. The van der Waals surface area contributed by atoms with E-state index >= 15 is 0 Å². The lowest BCUT2D eigenvalue weighted by atomic mass is 10.5. The molecule has 0 radical (unpaired) electrons. The highest BCUT2D eigenvalue weighted by Crippen LogP contribution is 2.05. The third kappa shape index (κ3) is 0.949. The van der Waals surface area contributed by atoms with Gasteiger partial charge in [-0.3, -0.25) is 0 Å². The summed E-state index contributed by atoms with van der Waals surface area (Å²) in [4.78, 5) is 0. The van der Waals surface area contributed by atoms with Crippen molar-refractivity contribution in [1.29, 1.82) is 0 Å². The third-order valence-electron chi connectivity index (χ3n) is 0.739. The molecule has 0 aromatic carbocycles. The zero-order valence-corrected chi connectivity index (χ0v) is 5.06. The molecule has 0 amide bonds. The van der Waals surface area contributed by atoms with Crippen LogP contribution in [0.5, 0.6) is 0 Å². The summed E-state index contributed by atoms with van der Waals surface area (Å²) in [5.74, 6) is 0.912. The quantitative estimate of drug-likeness (QED) is 0.550. The first kappa shape index (κ1) is 5.50. The van der Waals surface area contributed by atoms with Crippen LogP contribution in [0.1, 0.15) is 5.69 Å². The van der Waals surface area contributed by atoms with Crippen molar-refractivity contribution in [2.24, 2.45) is 0 Å². The molecule has 0 atom stereocenters. The van der Waals surface area contributed by atoms with E-state index in [1.54, 1.807) is 6.07 Å². The molecule has 44 valence electrons. The lowest BCUT2D eigenvalue weighted by molar-refractivity contribution is 0.430. The Labute approximate surface area is 52.3 Å². The predicted octanol–water partition coefficient (Wildman–Crippen LogP) is 0.687. The average molecular weight is 130 g/mol. The van der Waals surface area contributed by atoms with Crippen molar-refractivity contribution in [2.45, 2.75) is 5.75 Å². The van der Waals surface area contributed by atoms with Gasteiger partial charge in [0.15, 0.2) is 0 Å². The molecule has 0 saturated carbocycles. The van der Waals surface area contributed by atoms with Crippen LogP contribution in [0.2, 0.25) is 0 Å². The van der Waals surface area contributed by atoms with Crippen LogP contribution >= 0.6 is 12.6 Å². The minimum Gasteiger partial charge on any atom is -0.368 e. The highest BCUT2D eigenvalue weighted by molar-refractivity contribution is 7.79. The minimum atomic E-state index is 0.342. The van der Waals surface area contributed by atoms with E-state index in [2.05, 4.69) is 22.3 Å². The monoisotopic (exact) mass is 130 g/mol. The zero-order chi connectivity index (χ0) is 5.98. The molecule has 0 unspecified atom stereocenters. The first-order valence-corrected chi connectivity index (χ1v) is 2.78. The van der Waals surface area contributed by atoms with Crippen molar-refractivity contribution in [3.05, 3.63) is 11.8 Å². The number of nitrogen functional groups attached to an aromatic ring is 1. The molecular formula is C4H6N2OS. The van der Waals surface area contributed by atoms with Gasteiger partial charge in [0.2, 0.25) is 5.88 Å². The summed E-state index contributed by atoms with van der Waals surface area (Å²) in [6, 6.07) is 1.65. The van der Waals surface area contributed by atoms with E-state index in [0.29, 0.717) is 11.6 Å². The van der Waals surface area contributed by atoms with Crippen LogP contribution < -0.4 is 5.73 Å². The van der Waals surface area contributed by atoms with Crippen LogP contribution in [0.3, 0.4) is 0 Å². The fourth-order valence-corrected chi connectivity index (χ4v) is 0.552. The first-order valence-electron chi connectivity index (χ1n) is 2.15. The lowest BCUT2D eigenvalue weighted by Gasteiger charge is -1.74. The summed E-state index contributed by atoms with van der Waals surface area (Å²) in [6.07, 6.45) is 0. The molecular weight excluding hydrogens is 124 g/mol.